The number of carbonyl (C=O) groups is 3. The first-order chi connectivity index (χ1) is 14.5. The molecule has 2 aliphatic heterocycles. The van der Waals surface area contributed by atoms with E-state index in [1.54, 1.807) is 11.8 Å². The third kappa shape index (κ3) is 3.92. The van der Waals surface area contributed by atoms with Crippen LogP contribution in [0.3, 0.4) is 0 Å². The Kier molecular flexibility index (Phi) is 5.76. The number of fused-ring (bicyclic) bond motifs is 2. The predicted octanol–water partition coefficient (Wildman–Crippen LogP) is 0.812. The van der Waals surface area contributed by atoms with Crippen LogP contribution in [-0.2, 0) is 20.8 Å². The molecule has 5 N–H and O–H groups in total. The Morgan fingerprint density at radius 1 is 1.23 bits per heavy atom. The molecule has 2 aromatic rings. The lowest BCUT2D eigenvalue weighted by Gasteiger charge is -2.38. The van der Waals surface area contributed by atoms with Crippen molar-refractivity contribution in [3.05, 3.63) is 36.0 Å². The number of aromatic amines is 1. The SMILES string of the molecule is C[C@H](N)C(=O)N[C@H]1CC[C@H]2CC[C@@H](C(=O)NCCc3c[nH]c4ccccc34)N2C1=O. The van der Waals surface area contributed by atoms with Gasteiger partial charge in [0.15, 0.2) is 0 Å². The fraction of sp³-hybridized carbons (Fsp3) is 0.500. The molecule has 4 rings (SSSR count). The Hall–Kier alpha value is -2.87. The fourth-order valence-electron chi connectivity index (χ4n) is 4.63. The van der Waals surface area contributed by atoms with E-state index >= 15 is 0 Å². The van der Waals surface area contributed by atoms with Crippen molar-refractivity contribution in [3.63, 3.8) is 0 Å². The van der Waals surface area contributed by atoms with Crippen molar-refractivity contribution in [3.8, 4) is 0 Å². The molecule has 0 bridgehead atoms. The van der Waals surface area contributed by atoms with Crippen LogP contribution in [0.1, 0.15) is 38.2 Å². The van der Waals surface area contributed by atoms with E-state index in [4.69, 9.17) is 5.73 Å². The molecule has 2 fully saturated rings. The van der Waals surface area contributed by atoms with Gasteiger partial charge in [0.2, 0.25) is 17.7 Å². The lowest BCUT2D eigenvalue weighted by molar-refractivity contribution is -0.146. The van der Waals surface area contributed by atoms with E-state index in [1.807, 2.05) is 24.4 Å². The van der Waals surface area contributed by atoms with Crippen molar-refractivity contribution in [2.24, 2.45) is 5.73 Å². The van der Waals surface area contributed by atoms with Gasteiger partial charge in [-0.1, -0.05) is 18.2 Å². The summed E-state index contributed by atoms with van der Waals surface area (Å²) in [4.78, 5) is 42.7. The summed E-state index contributed by atoms with van der Waals surface area (Å²) in [7, 11) is 0. The van der Waals surface area contributed by atoms with Gasteiger partial charge in [0.05, 0.1) is 6.04 Å². The van der Waals surface area contributed by atoms with Crippen LogP contribution in [0.15, 0.2) is 30.5 Å². The van der Waals surface area contributed by atoms with Crippen molar-refractivity contribution in [2.75, 3.05) is 6.54 Å². The number of hydrogen-bond donors (Lipinski definition) is 4. The summed E-state index contributed by atoms with van der Waals surface area (Å²) in [5.74, 6) is -0.634. The molecular formula is C22H29N5O3. The highest BCUT2D eigenvalue weighted by molar-refractivity contribution is 5.94. The zero-order valence-electron chi connectivity index (χ0n) is 17.2. The molecule has 30 heavy (non-hydrogen) atoms. The number of hydrogen-bond acceptors (Lipinski definition) is 4. The summed E-state index contributed by atoms with van der Waals surface area (Å²) in [6.07, 6.45) is 5.54. The van der Waals surface area contributed by atoms with Gasteiger partial charge in [-0.05, 0) is 50.7 Å². The van der Waals surface area contributed by atoms with E-state index in [0.29, 0.717) is 25.8 Å². The van der Waals surface area contributed by atoms with Gasteiger partial charge < -0.3 is 26.3 Å². The Morgan fingerprint density at radius 3 is 2.80 bits per heavy atom. The number of nitrogens with zero attached hydrogens (tertiary/aromatic N) is 1. The predicted molar refractivity (Wildman–Crippen MR) is 113 cm³/mol. The minimum atomic E-state index is -0.669. The molecule has 2 aliphatic rings. The Morgan fingerprint density at radius 2 is 2.00 bits per heavy atom. The molecule has 0 spiro atoms. The topological polar surface area (TPSA) is 120 Å². The van der Waals surface area contributed by atoms with Gasteiger partial charge in [0.1, 0.15) is 12.1 Å². The molecule has 0 unspecified atom stereocenters. The molecule has 8 nitrogen and oxygen atoms in total. The lowest BCUT2D eigenvalue weighted by Crippen LogP contribution is -2.60. The average molecular weight is 412 g/mol. The Balaban J connectivity index is 1.35. The highest BCUT2D eigenvalue weighted by Gasteiger charge is 2.46. The van der Waals surface area contributed by atoms with Crippen molar-refractivity contribution in [2.45, 2.75) is 63.2 Å². The number of nitrogens with one attached hydrogen (secondary N) is 3. The van der Waals surface area contributed by atoms with Crippen LogP contribution in [0.5, 0.6) is 0 Å². The molecule has 0 aliphatic carbocycles. The van der Waals surface area contributed by atoms with Gasteiger partial charge in [-0.15, -0.1) is 0 Å². The first-order valence-electron chi connectivity index (χ1n) is 10.7. The van der Waals surface area contributed by atoms with E-state index in [2.05, 4.69) is 21.7 Å². The minimum absolute atomic E-state index is 0.0744. The van der Waals surface area contributed by atoms with Crippen molar-refractivity contribution >= 4 is 28.6 Å². The molecule has 1 aromatic carbocycles. The molecule has 0 saturated carbocycles. The van der Waals surface area contributed by atoms with Crippen molar-refractivity contribution < 1.29 is 14.4 Å². The maximum atomic E-state index is 13.0. The summed E-state index contributed by atoms with van der Waals surface area (Å²) < 4.78 is 0. The molecule has 3 heterocycles. The third-order valence-corrected chi connectivity index (χ3v) is 6.24. The number of piperidine rings is 1. The van der Waals surface area contributed by atoms with Crippen LogP contribution in [0.4, 0.5) is 0 Å². The standard InChI is InChI=1S/C22H29N5O3/c1-13(23)20(28)26-18-8-6-15-7-9-19(27(15)22(18)30)21(29)24-11-10-14-12-25-17-5-3-2-4-16(14)17/h2-5,12-13,15,18-19,25H,6-11,23H2,1H3,(H,24,29)(H,26,28)/t13-,15-,18-,19-/m0/s1. The summed E-state index contributed by atoms with van der Waals surface area (Å²) >= 11 is 0. The maximum absolute atomic E-state index is 13.0. The third-order valence-electron chi connectivity index (χ3n) is 6.24. The molecule has 0 radical (unpaired) electrons. The molecule has 2 saturated heterocycles. The van der Waals surface area contributed by atoms with Crippen LogP contribution < -0.4 is 16.4 Å². The smallest absolute Gasteiger partial charge is 0.246 e. The first-order valence-corrected chi connectivity index (χ1v) is 10.7. The number of rotatable bonds is 6. The lowest BCUT2D eigenvalue weighted by atomic mass is 9.97. The van der Waals surface area contributed by atoms with Crippen LogP contribution in [0, 0.1) is 0 Å². The number of benzene rings is 1. The van der Waals surface area contributed by atoms with E-state index in [1.165, 1.54) is 0 Å². The summed E-state index contributed by atoms with van der Waals surface area (Å²) in [6.45, 7) is 2.10. The quantitative estimate of drug-likeness (QED) is 0.562. The van der Waals surface area contributed by atoms with Crippen LogP contribution in [0.25, 0.3) is 10.9 Å². The molecule has 4 atom stereocenters. The molecule has 1 aromatic heterocycles. The van der Waals surface area contributed by atoms with E-state index in [0.717, 1.165) is 29.3 Å². The summed E-state index contributed by atoms with van der Waals surface area (Å²) in [5.41, 5.74) is 7.84. The van der Waals surface area contributed by atoms with Crippen LogP contribution in [0.2, 0.25) is 0 Å². The Labute approximate surface area is 175 Å². The van der Waals surface area contributed by atoms with Crippen molar-refractivity contribution in [1.29, 1.82) is 0 Å². The number of nitrogens with two attached hydrogens (primary N) is 1. The number of aromatic nitrogens is 1. The van der Waals surface area contributed by atoms with Gasteiger partial charge in [0.25, 0.3) is 0 Å². The molecule has 8 heteroatoms. The second-order valence-electron chi connectivity index (χ2n) is 8.32. The Bertz CT molecular complexity index is 953. The largest absolute Gasteiger partial charge is 0.361 e. The molecular weight excluding hydrogens is 382 g/mol. The van der Waals surface area contributed by atoms with E-state index in [9.17, 15) is 14.4 Å². The highest BCUT2D eigenvalue weighted by atomic mass is 16.2. The monoisotopic (exact) mass is 411 g/mol. The van der Waals surface area contributed by atoms with Crippen LogP contribution >= 0.6 is 0 Å². The van der Waals surface area contributed by atoms with E-state index < -0.39 is 18.1 Å². The van der Waals surface area contributed by atoms with Gasteiger partial charge >= 0.3 is 0 Å². The van der Waals surface area contributed by atoms with Gasteiger partial charge in [-0.25, -0.2) is 0 Å². The summed E-state index contributed by atoms with van der Waals surface area (Å²) in [6, 6.07) is 6.41. The fourth-order valence-corrected chi connectivity index (χ4v) is 4.63. The van der Waals surface area contributed by atoms with Crippen LogP contribution in [-0.4, -0.2) is 58.3 Å². The normalized spacial score (nSPS) is 24.5. The first kappa shape index (κ1) is 20.4. The maximum Gasteiger partial charge on any atom is 0.246 e. The van der Waals surface area contributed by atoms with Gasteiger partial charge in [-0.3, -0.25) is 14.4 Å². The molecule has 3 amide bonds. The molecule has 160 valence electrons. The zero-order valence-corrected chi connectivity index (χ0v) is 17.2. The average Bonchev–Trinajstić information content (AvgIpc) is 3.35. The summed E-state index contributed by atoms with van der Waals surface area (Å²) in [5, 5.41) is 6.89. The van der Waals surface area contributed by atoms with Crippen molar-refractivity contribution in [1.82, 2.24) is 20.5 Å². The minimum Gasteiger partial charge on any atom is -0.361 e. The number of carbonyl (C=O) groups excluding carboxylic acids is 3. The highest BCUT2D eigenvalue weighted by Crippen LogP contribution is 2.32. The number of H-pyrrole nitrogens is 1. The second kappa shape index (κ2) is 8.47. The van der Waals surface area contributed by atoms with E-state index in [-0.39, 0.29) is 23.8 Å². The number of amides is 3. The van der Waals surface area contributed by atoms with Gasteiger partial charge in [-0.2, -0.15) is 0 Å². The zero-order chi connectivity index (χ0) is 21.3. The second-order valence-corrected chi connectivity index (χ2v) is 8.32. The number of para-hydroxylation sites is 1. The van der Waals surface area contributed by atoms with Gasteiger partial charge in [0, 0.05) is 29.7 Å².